The van der Waals surface area contributed by atoms with Crippen LogP contribution in [0.4, 0.5) is 11.4 Å². The molecule has 0 radical (unpaired) electrons. The fourth-order valence-corrected chi connectivity index (χ4v) is 3.30. The molecule has 0 amide bonds. The normalized spacial score (nSPS) is 28.5. The van der Waals surface area contributed by atoms with E-state index in [2.05, 4.69) is 12.1 Å². The van der Waals surface area contributed by atoms with Crippen LogP contribution in [0.5, 0.6) is 0 Å². The fourth-order valence-electron chi connectivity index (χ4n) is 3.30. The van der Waals surface area contributed by atoms with Gasteiger partial charge in [-0.25, -0.2) is 0 Å². The Bertz CT molecular complexity index is 357. The average Bonchev–Trinajstić information content (AvgIpc) is 2.53. The standard InChI is InChI=1S/C13H18N2/c14-12-6-10-8-2-1-3-9(5-4-8)11(10)7-13(12)15/h6-9H,1-5,14-15H2/t8-,9-/m0/s1. The van der Waals surface area contributed by atoms with E-state index < -0.39 is 0 Å². The summed E-state index contributed by atoms with van der Waals surface area (Å²) in [7, 11) is 0. The molecule has 0 unspecified atom stereocenters. The summed E-state index contributed by atoms with van der Waals surface area (Å²) in [4.78, 5) is 0. The highest BCUT2D eigenvalue weighted by Crippen LogP contribution is 2.48. The van der Waals surface area contributed by atoms with Gasteiger partial charge in [0.25, 0.3) is 0 Å². The van der Waals surface area contributed by atoms with Crippen LogP contribution in [-0.4, -0.2) is 0 Å². The molecule has 0 aromatic heterocycles. The lowest BCUT2D eigenvalue weighted by atomic mass is 9.78. The largest absolute Gasteiger partial charge is 0.397 e. The van der Waals surface area contributed by atoms with E-state index in [0.29, 0.717) is 0 Å². The lowest BCUT2D eigenvalue weighted by Crippen LogP contribution is -2.12. The van der Waals surface area contributed by atoms with Crippen LogP contribution in [0.25, 0.3) is 0 Å². The molecule has 0 aliphatic heterocycles. The Balaban J connectivity index is 2.18. The molecule has 2 atom stereocenters. The fraction of sp³-hybridized carbons (Fsp3) is 0.538. The quantitative estimate of drug-likeness (QED) is 0.635. The number of hydrogen-bond donors (Lipinski definition) is 2. The maximum Gasteiger partial charge on any atom is 0.0550 e. The first-order valence-corrected chi connectivity index (χ1v) is 5.94. The minimum Gasteiger partial charge on any atom is -0.397 e. The van der Waals surface area contributed by atoms with E-state index in [1.54, 1.807) is 0 Å². The Kier molecular flexibility index (Phi) is 1.91. The number of fused-ring (bicyclic) bond motifs is 3. The summed E-state index contributed by atoms with van der Waals surface area (Å²) in [5.41, 5.74) is 16.3. The van der Waals surface area contributed by atoms with Crippen LogP contribution < -0.4 is 11.5 Å². The predicted molar refractivity (Wildman–Crippen MR) is 63.8 cm³/mol. The Morgan fingerprint density at radius 3 is 1.73 bits per heavy atom. The third kappa shape index (κ3) is 1.31. The zero-order valence-corrected chi connectivity index (χ0v) is 9.00. The molecule has 0 saturated heterocycles. The average molecular weight is 202 g/mol. The lowest BCUT2D eigenvalue weighted by Gasteiger charge is -2.28. The Morgan fingerprint density at radius 2 is 1.27 bits per heavy atom. The van der Waals surface area contributed by atoms with Crippen LogP contribution in [0.2, 0.25) is 0 Å². The van der Waals surface area contributed by atoms with Crippen molar-refractivity contribution < 1.29 is 0 Å². The van der Waals surface area contributed by atoms with Gasteiger partial charge >= 0.3 is 0 Å². The van der Waals surface area contributed by atoms with Gasteiger partial charge < -0.3 is 11.5 Å². The Morgan fingerprint density at radius 1 is 0.800 bits per heavy atom. The third-order valence-electron chi connectivity index (χ3n) is 4.14. The number of nitrogens with two attached hydrogens (primary N) is 2. The molecule has 80 valence electrons. The van der Waals surface area contributed by atoms with Crippen molar-refractivity contribution in [3.63, 3.8) is 0 Å². The first kappa shape index (κ1) is 9.08. The maximum absolute atomic E-state index is 5.90. The van der Waals surface area contributed by atoms with Crippen molar-refractivity contribution in [2.75, 3.05) is 11.5 Å². The topological polar surface area (TPSA) is 52.0 Å². The van der Waals surface area contributed by atoms with Crippen LogP contribution in [-0.2, 0) is 0 Å². The second-order valence-corrected chi connectivity index (χ2v) is 5.01. The monoisotopic (exact) mass is 202 g/mol. The van der Waals surface area contributed by atoms with Crippen LogP contribution in [0, 0.1) is 0 Å². The van der Waals surface area contributed by atoms with Gasteiger partial charge in [-0.15, -0.1) is 0 Å². The van der Waals surface area contributed by atoms with Gasteiger partial charge in [0, 0.05) is 0 Å². The number of hydrogen-bond acceptors (Lipinski definition) is 2. The van der Waals surface area contributed by atoms with Crippen molar-refractivity contribution in [2.24, 2.45) is 0 Å². The van der Waals surface area contributed by atoms with Gasteiger partial charge in [-0.05, 0) is 60.8 Å². The van der Waals surface area contributed by atoms with Gasteiger partial charge in [-0.1, -0.05) is 6.42 Å². The third-order valence-corrected chi connectivity index (χ3v) is 4.14. The van der Waals surface area contributed by atoms with Gasteiger partial charge in [0.2, 0.25) is 0 Å². The number of benzene rings is 1. The molecule has 4 rings (SSSR count). The zero-order valence-electron chi connectivity index (χ0n) is 9.00. The molecule has 4 N–H and O–H groups in total. The molecular weight excluding hydrogens is 184 g/mol. The Hall–Kier alpha value is -1.18. The van der Waals surface area contributed by atoms with Gasteiger partial charge in [0.1, 0.15) is 0 Å². The van der Waals surface area contributed by atoms with E-state index in [9.17, 15) is 0 Å². The molecule has 15 heavy (non-hydrogen) atoms. The number of nitrogen functional groups attached to an aromatic ring is 2. The summed E-state index contributed by atoms with van der Waals surface area (Å²) in [6.45, 7) is 0. The molecule has 1 aromatic carbocycles. The highest BCUT2D eigenvalue weighted by atomic mass is 14.7. The molecular formula is C13H18N2. The second kappa shape index (κ2) is 3.16. The summed E-state index contributed by atoms with van der Waals surface area (Å²) in [6.07, 6.45) is 6.74. The molecule has 2 nitrogen and oxygen atoms in total. The number of rotatable bonds is 0. The molecule has 3 aliphatic rings. The summed E-state index contributed by atoms with van der Waals surface area (Å²) < 4.78 is 0. The zero-order chi connectivity index (χ0) is 10.4. The maximum atomic E-state index is 5.90. The lowest BCUT2D eigenvalue weighted by molar-refractivity contribution is 0.528. The molecule has 3 aliphatic carbocycles. The van der Waals surface area contributed by atoms with Crippen molar-refractivity contribution in [2.45, 2.75) is 43.9 Å². The molecule has 0 heterocycles. The van der Waals surface area contributed by atoms with Gasteiger partial charge in [0.15, 0.2) is 0 Å². The van der Waals surface area contributed by atoms with Crippen molar-refractivity contribution in [3.8, 4) is 0 Å². The van der Waals surface area contributed by atoms with Crippen molar-refractivity contribution in [1.82, 2.24) is 0 Å². The smallest absolute Gasteiger partial charge is 0.0550 e. The molecule has 1 saturated carbocycles. The van der Waals surface area contributed by atoms with Crippen LogP contribution in [0.3, 0.4) is 0 Å². The minimum atomic E-state index is 0.752. The Labute approximate surface area is 90.7 Å². The molecule has 2 heteroatoms. The van der Waals surface area contributed by atoms with Crippen LogP contribution in [0.1, 0.15) is 55.1 Å². The van der Waals surface area contributed by atoms with E-state index in [4.69, 9.17) is 11.5 Å². The van der Waals surface area contributed by atoms with E-state index in [-0.39, 0.29) is 0 Å². The van der Waals surface area contributed by atoms with E-state index >= 15 is 0 Å². The van der Waals surface area contributed by atoms with Gasteiger partial charge in [-0.3, -0.25) is 0 Å². The first-order valence-electron chi connectivity index (χ1n) is 5.94. The van der Waals surface area contributed by atoms with E-state index in [1.165, 1.54) is 43.2 Å². The molecule has 0 spiro atoms. The predicted octanol–water partition coefficient (Wildman–Crippen LogP) is 3.00. The van der Waals surface area contributed by atoms with E-state index in [0.717, 1.165) is 23.2 Å². The minimum absolute atomic E-state index is 0.752. The van der Waals surface area contributed by atoms with Gasteiger partial charge in [0.05, 0.1) is 11.4 Å². The summed E-state index contributed by atoms with van der Waals surface area (Å²) >= 11 is 0. The van der Waals surface area contributed by atoms with Crippen LogP contribution >= 0.6 is 0 Å². The van der Waals surface area contributed by atoms with Crippen molar-refractivity contribution in [1.29, 1.82) is 0 Å². The van der Waals surface area contributed by atoms with Crippen molar-refractivity contribution >= 4 is 11.4 Å². The van der Waals surface area contributed by atoms with Crippen LogP contribution in [0.15, 0.2) is 12.1 Å². The van der Waals surface area contributed by atoms with E-state index in [1.807, 2.05) is 0 Å². The summed E-state index contributed by atoms with van der Waals surface area (Å²) in [6, 6.07) is 4.26. The molecule has 2 bridgehead atoms. The highest BCUT2D eigenvalue weighted by Gasteiger charge is 2.30. The SMILES string of the molecule is Nc1cc2c(cc1N)[C@H]1CCC[C@H]2CC1. The second-order valence-electron chi connectivity index (χ2n) is 5.01. The first-order chi connectivity index (χ1) is 7.25. The molecule has 1 aromatic rings. The molecule has 1 fully saturated rings. The van der Waals surface area contributed by atoms with Gasteiger partial charge in [-0.2, -0.15) is 0 Å². The summed E-state index contributed by atoms with van der Waals surface area (Å²) in [5.74, 6) is 1.50. The van der Waals surface area contributed by atoms with Crippen molar-refractivity contribution in [3.05, 3.63) is 23.3 Å². The summed E-state index contributed by atoms with van der Waals surface area (Å²) in [5, 5.41) is 0. The highest BCUT2D eigenvalue weighted by molar-refractivity contribution is 5.67. The number of anilines is 2.